The Morgan fingerprint density at radius 1 is 1.00 bits per heavy atom. The summed E-state index contributed by atoms with van der Waals surface area (Å²) >= 11 is 0. The van der Waals surface area contributed by atoms with Gasteiger partial charge in [0.1, 0.15) is 0 Å². The summed E-state index contributed by atoms with van der Waals surface area (Å²) < 4.78 is 0. The van der Waals surface area contributed by atoms with Gasteiger partial charge in [-0.05, 0) is 24.7 Å². The van der Waals surface area contributed by atoms with Crippen LogP contribution in [0, 0.1) is 5.41 Å². The lowest BCUT2D eigenvalue weighted by Crippen LogP contribution is -2.02. The van der Waals surface area contributed by atoms with E-state index in [1.807, 2.05) is 0 Å². The molecule has 0 N–H and O–H groups in total. The number of hydrogen-bond donors (Lipinski definition) is 0. The zero-order valence-corrected chi connectivity index (χ0v) is 8.48. The highest BCUT2D eigenvalue weighted by atomic mass is 14.1. The van der Waals surface area contributed by atoms with Crippen LogP contribution < -0.4 is 0 Å². The fourth-order valence-corrected chi connectivity index (χ4v) is 0.919. The van der Waals surface area contributed by atoms with Gasteiger partial charge in [-0.1, -0.05) is 46.3 Å². The van der Waals surface area contributed by atoms with Crippen LogP contribution in [0.3, 0.4) is 0 Å². The minimum Gasteiger partial charge on any atom is -0.0885 e. The quantitative estimate of drug-likeness (QED) is 0.533. The van der Waals surface area contributed by atoms with Crippen LogP contribution in [0.5, 0.6) is 0 Å². The summed E-state index contributed by atoms with van der Waals surface area (Å²) in [5.41, 5.74) is 0.497. The molecule has 0 fully saturated rings. The summed E-state index contributed by atoms with van der Waals surface area (Å²) in [6.45, 7) is 9.09. The first-order valence-electron chi connectivity index (χ1n) is 4.71. The second kappa shape index (κ2) is 5.40. The summed E-state index contributed by atoms with van der Waals surface area (Å²) in [5.74, 6) is 0. The van der Waals surface area contributed by atoms with Gasteiger partial charge in [0.2, 0.25) is 0 Å². The topological polar surface area (TPSA) is 0 Å². The van der Waals surface area contributed by atoms with Crippen molar-refractivity contribution in [2.24, 2.45) is 5.41 Å². The second-order valence-electron chi connectivity index (χ2n) is 4.36. The molecule has 0 saturated heterocycles. The van der Waals surface area contributed by atoms with Crippen LogP contribution in [0.15, 0.2) is 12.2 Å². The maximum atomic E-state index is 2.31. The molecule has 0 aliphatic rings. The van der Waals surface area contributed by atoms with E-state index in [0.717, 1.165) is 0 Å². The normalized spacial score (nSPS) is 12.7. The Labute approximate surface area is 71.7 Å². The van der Waals surface area contributed by atoms with E-state index in [9.17, 15) is 0 Å². The third-order valence-corrected chi connectivity index (χ3v) is 1.68. The van der Waals surface area contributed by atoms with Crippen molar-refractivity contribution in [1.29, 1.82) is 0 Å². The van der Waals surface area contributed by atoms with Crippen molar-refractivity contribution in [3.05, 3.63) is 12.2 Å². The van der Waals surface area contributed by atoms with E-state index in [1.165, 1.54) is 25.7 Å². The second-order valence-corrected chi connectivity index (χ2v) is 4.36. The molecule has 0 bridgehead atoms. The Kier molecular flexibility index (Phi) is 5.27. The molecule has 0 rings (SSSR count). The molecule has 0 saturated carbocycles. The van der Waals surface area contributed by atoms with E-state index in [-0.39, 0.29) is 0 Å². The van der Waals surface area contributed by atoms with E-state index in [0.29, 0.717) is 5.41 Å². The summed E-state index contributed by atoms with van der Waals surface area (Å²) in [5, 5.41) is 0. The van der Waals surface area contributed by atoms with Crippen molar-refractivity contribution in [1.82, 2.24) is 0 Å². The largest absolute Gasteiger partial charge is 0.0885 e. The van der Waals surface area contributed by atoms with Gasteiger partial charge in [-0.3, -0.25) is 0 Å². The van der Waals surface area contributed by atoms with E-state index in [1.54, 1.807) is 0 Å². The molecule has 66 valence electrons. The van der Waals surface area contributed by atoms with Crippen molar-refractivity contribution in [3.63, 3.8) is 0 Å². The van der Waals surface area contributed by atoms with Crippen molar-refractivity contribution in [2.75, 3.05) is 0 Å². The molecule has 0 atom stereocenters. The summed E-state index contributed by atoms with van der Waals surface area (Å²) in [6, 6.07) is 0. The molecular formula is C11H22. The highest BCUT2D eigenvalue weighted by molar-refractivity contribution is 4.82. The summed E-state index contributed by atoms with van der Waals surface area (Å²) in [7, 11) is 0. The summed E-state index contributed by atoms with van der Waals surface area (Å²) in [6.07, 6.45) is 9.66. The number of hydrogen-bond acceptors (Lipinski definition) is 0. The van der Waals surface area contributed by atoms with E-state index in [2.05, 4.69) is 39.8 Å². The lowest BCUT2D eigenvalue weighted by Gasteiger charge is -2.15. The van der Waals surface area contributed by atoms with Crippen LogP contribution in [0.4, 0.5) is 0 Å². The highest BCUT2D eigenvalue weighted by Gasteiger charge is 2.07. The Morgan fingerprint density at radius 3 is 2.00 bits per heavy atom. The van der Waals surface area contributed by atoms with Crippen molar-refractivity contribution < 1.29 is 0 Å². The maximum absolute atomic E-state index is 2.31. The standard InChI is InChI=1S/C11H22/c1-5-6-7-8-9-10-11(2,3)4/h7-8H,5-6,9-10H2,1-4H3/b8-7+. The molecule has 0 unspecified atom stereocenters. The van der Waals surface area contributed by atoms with Gasteiger partial charge in [-0.25, -0.2) is 0 Å². The molecule has 0 amide bonds. The molecular weight excluding hydrogens is 132 g/mol. The molecule has 0 aromatic rings. The van der Waals surface area contributed by atoms with E-state index in [4.69, 9.17) is 0 Å². The van der Waals surface area contributed by atoms with Gasteiger partial charge in [0.15, 0.2) is 0 Å². The van der Waals surface area contributed by atoms with Crippen molar-refractivity contribution in [2.45, 2.75) is 53.4 Å². The van der Waals surface area contributed by atoms with Gasteiger partial charge in [-0.2, -0.15) is 0 Å². The van der Waals surface area contributed by atoms with Gasteiger partial charge in [0.05, 0.1) is 0 Å². The molecule has 0 nitrogen and oxygen atoms in total. The SMILES string of the molecule is CCC/C=C/CCC(C)(C)C. The average Bonchev–Trinajstić information content (AvgIpc) is 1.85. The predicted molar refractivity (Wildman–Crippen MR) is 52.7 cm³/mol. The molecule has 0 radical (unpaired) electrons. The fourth-order valence-electron chi connectivity index (χ4n) is 0.919. The Morgan fingerprint density at radius 2 is 1.55 bits per heavy atom. The first-order valence-corrected chi connectivity index (χ1v) is 4.71. The van der Waals surface area contributed by atoms with Crippen LogP contribution in [0.2, 0.25) is 0 Å². The zero-order chi connectivity index (χ0) is 8.74. The lowest BCUT2D eigenvalue weighted by atomic mass is 9.90. The number of allylic oxidation sites excluding steroid dienone is 2. The predicted octanol–water partition coefficient (Wildman–Crippen LogP) is 4.17. The third kappa shape index (κ3) is 9.74. The van der Waals surface area contributed by atoms with Gasteiger partial charge in [-0.15, -0.1) is 0 Å². The van der Waals surface area contributed by atoms with Gasteiger partial charge in [0, 0.05) is 0 Å². The van der Waals surface area contributed by atoms with Gasteiger partial charge >= 0.3 is 0 Å². The van der Waals surface area contributed by atoms with Gasteiger partial charge in [0.25, 0.3) is 0 Å². The monoisotopic (exact) mass is 154 g/mol. The van der Waals surface area contributed by atoms with Crippen LogP contribution in [-0.4, -0.2) is 0 Å². The molecule has 0 aromatic carbocycles. The molecule has 0 spiro atoms. The molecule has 0 aliphatic carbocycles. The van der Waals surface area contributed by atoms with Crippen molar-refractivity contribution >= 4 is 0 Å². The lowest BCUT2D eigenvalue weighted by molar-refractivity contribution is 0.381. The fraction of sp³-hybridized carbons (Fsp3) is 0.818. The van der Waals surface area contributed by atoms with Crippen LogP contribution in [0.1, 0.15) is 53.4 Å². The Hall–Kier alpha value is -0.260. The smallest absolute Gasteiger partial charge is 0.0346 e. The van der Waals surface area contributed by atoms with Crippen LogP contribution >= 0.6 is 0 Å². The van der Waals surface area contributed by atoms with Crippen LogP contribution in [0.25, 0.3) is 0 Å². The summed E-state index contributed by atoms with van der Waals surface area (Å²) in [4.78, 5) is 0. The number of rotatable bonds is 4. The molecule has 11 heavy (non-hydrogen) atoms. The maximum Gasteiger partial charge on any atom is -0.0346 e. The highest BCUT2D eigenvalue weighted by Crippen LogP contribution is 2.20. The minimum absolute atomic E-state index is 0.497. The van der Waals surface area contributed by atoms with Gasteiger partial charge < -0.3 is 0 Å². The van der Waals surface area contributed by atoms with E-state index < -0.39 is 0 Å². The Bertz CT molecular complexity index is 104. The van der Waals surface area contributed by atoms with Crippen LogP contribution in [-0.2, 0) is 0 Å². The zero-order valence-electron chi connectivity index (χ0n) is 8.48. The first-order chi connectivity index (χ1) is 5.06. The van der Waals surface area contributed by atoms with E-state index >= 15 is 0 Å². The molecule has 0 aromatic heterocycles. The van der Waals surface area contributed by atoms with Crippen molar-refractivity contribution in [3.8, 4) is 0 Å². The number of unbranched alkanes of at least 4 members (excludes halogenated alkanes) is 1. The first kappa shape index (κ1) is 10.7. The molecule has 0 aliphatic heterocycles. The minimum atomic E-state index is 0.497. The Balaban J connectivity index is 3.27. The molecule has 0 heterocycles. The average molecular weight is 154 g/mol. The molecule has 0 heteroatoms. The third-order valence-electron chi connectivity index (χ3n) is 1.68.